The minimum atomic E-state index is -3.43. The Morgan fingerprint density at radius 3 is 2.67 bits per heavy atom. The molecule has 1 aromatic carbocycles. The standard InChI is InChI=1S/C16H26N2O2S/c1-3-11-17-12-14-8-4-5-10-16(14)21(19,20)18-15-9-6-7-13(15)2/h4-5,8,10,13,15,17-18H,3,6-7,9,11-12H2,1-2H3. The molecule has 1 aliphatic carbocycles. The quantitative estimate of drug-likeness (QED) is 0.761. The fourth-order valence-corrected chi connectivity index (χ4v) is 4.51. The molecule has 2 N–H and O–H groups in total. The van der Waals surface area contributed by atoms with E-state index in [4.69, 9.17) is 0 Å². The minimum absolute atomic E-state index is 0.0756. The van der Waals surface area contributed by atoms with Crippen LogP contribution in [-0.4, -0.2) is 21.0 Å². The molecule has 5 heteroatoms. The van der Waals surface area contributed by atoms with Gasteiger partial charge in [0, 0.05) is 12.6 Å². The summed E-state index contributed by atoms with van der Waals surface area (Å²) in [5.41, 5.74) is 0.837. The van der Waals surface area contributed by atoms with Crippen LogP contribution < -0.4 is 10.0 Å². The van der Waals surface area contributed by atoms with Crippen molar-refractivity contribution >= 4 is 10.0 Å². The Balaban J connectivity index is 2.15. The van der Waals surface area contributed by atoms with Crippen LogP contribution in [-0.2, 0) is 16.6 Å². The average Bonchev–Trinajstić information content (AvgIpc) is 2.84. The van der Waals surface area contributed by atoms with Gasteiger partial charge < -0.3 is 5.32 Å². The molecule has 2 rings (SSSR count). The van der Waals surface area contributed by atoms with Crippen LogP contribution >= 0.6 is 0 Å². The van der Waals surface area contributed by atoms with E-state index in [9.17, 15) is 8.42 Å². The van der Waals surface area contributed by atoms with Crippen molar-refractivity contribution in [2.24, 2.45) is 5.92 Å². The Hall–Kier alpha value is -0.910. The zero-order chi connectivity index (χ0) is 15.3. The third-order valence-electron chi connectivity index (χ3n) is 4.17. The van der Waals surface area contributed by atoms with E-state index in [2.05, 4.69) is 23.9 Å². The Bertz CT molecular complexity index is 557. The molecular formula is C16H26N2O2S. The van der Waals surface area contributed by atoms with Crippen molar-refractivity contribution in [2.75, 3.05) is 6.54 Å². The molecule has 2 unspecified atom stereocenters. The van der Waals surface area contributed by atoms with Gasteiger partial charge in [-0.2, -0.15) is 0 Å². The summed E-state index contributed by atoms with van der Waals surface area (Å²) in [6.07, 6.45) is 4.18. The normalized spacial score (nSPS) is 22.6. The maximum Gasteiger partial charge on any atom is 0.241 e. The molecule has 0 spiro atoms. The first-order valence-corrected chi connectivity index (χ1v) is 9.34. The van der Waals surface area contributed by atoms with Gasteiger partial charge in [0.2, 0.25) is 10.0 Å². The largest absolute Gasteiger partial charge is 0.313 e. The first-order valence-electron chi connectivity index (χ1n) is 7.85. The van der Waals surface area contributed by atoms with E-state index in [0.717, 1.165) is 37.8 Å². The summed E-state index contributed by atoms with van der Waals surface area (Å²) in [6.45, 7) is 5.69. The second-order valence-electron chi connectivity index (χ2n) is 5.92. The van der Waals surface area contributed by atoms with Crippen molar-refractivity contribution < 1.29 is 8.42 Å². The van der Waals surface area contributed by atoms with E-state index in [1.54, 1.807) is 12.1 Å². The fourth-order valence-electron chi connectivity index (χ4n) is 2.90. The van der Waals surface area contributed by atoms with Gasteiger partial charge in [-0.15, -0.1) is 0 Å². The summed E-state index contributed by atoms with van der Waals surface area (Å²) in [7, 11) is -3.43. The van der Waals surface area contributed by atoms with Gasteiger partial charge >= 0.3 is 0 Å². The summed E-state index contributed by atoms with van der Waals surface area (Å²) in [5.74, 6) is 0.421. The highest BCUT2D eigenvalue weighted by Crippen LogP contribution is 2.27. The fraction of sp³-hybridized carbons (Fsp3) is 0.625. The maximum atomic E-state index is 12.6. The molecule has 2 atom stereocenters. The second-order valence-corrected chi connectivity index (χ2v) is 7.60. The Labute approximate surface area is 128 Å². The minimum Gasteiger partial charge on any atom is -0.313 e. The van der Waals surface area contributed by atoms with E-state index in [-0.39, 0.29) is 6.04 Å². The highest BCUT2D eigenvalue weighted by atomic mass is 32.2. The summed E-state index contributed by atoms with van der Waals surface area (Å²) in [6, 6.07) is 7.34. The summed E-state index contributed by atoms with van der Waals surface area (Å²) < 4.78 is 28.2. The Morgan fingerprint density at radius 2 is 2.00 bits per heavy atom. The van der Waals surface area contributed by atoms with E-state index >= 15 is 0 Å². The van der Waals surface area contributed by atoms with E-state index in [1.165, 1.54) is 0 Å². The van der Waals surface area contributed by atoms with Crippen molar-refractivity contribution in [3.8, 4) is 0 Å². The van der Waals surface area contributed by atoms with Gasteiger partial charge in [0.1, 0.15) is 0 Å². The molecule has 1 aromatic rings. The SMILES string of the molecule is CCCNCc1ccccc1S(=O)(=O)NC1CCCC1C. The second kappa shape index (κ2) is 7.38. The number of nitrogens with one attached hydrogen (secondary N) is 2. The first kappa shape index (κ1) is 16.5. The third-order valence-corrected chi connectivity index (χ3v) is 5.76. The van der Waals surface area contributed by atoms with Gasteiger partial charge in [0.05, 0.1) is 4.90 Å². The van der Waals surface area contributed by atoms with Crippen LogP contribution in [0, 0.1) is 5.92 Å². The van der Waals surface area contributed by atoms with Gasteiger partial charge in [0.15, 0.2) is 0 Å². The highest BCUT2D eigenvalue weighted by Gasteiger charge is 2.29. The predicted molar refractivity (Wildman–Crippen MR) is 85.6 cm³/mol. The lowest BCUT2D eigenvalue weighted by molar-refractivity contribution is 0.476. The van der Waals surface area contributed by atoms with E-state index in [0.29, 0.717) is 17.4 Å². The van der Waals surface area contributed by atoms with Crippen molar-refractivity contribution in [3.05, 3.63) is 29.8 Å². The van der Waals surface area contributed by atoms with Gasteiger partial charge in [0.25, 0.3) is 0 Å². The third kappa shape index (κ3) is 4.28. The van der Waals surface area contributed by atoms with Crippen LogP contribution in [0.1, 0.15) is 45.1 Å². The molecule has 0 saturated heterocycles. The van der Waals surface area contributed by atoms with Crippen LogP contribution in [0.25, 0.3) is 0 Å². The van der Waals surface area contributed by atoms with Crippen molar-refractivity contribution in [1.29, 1.82) is 0 Å². The zero-order valence-electron chi connectivity index (χ0n) is 12.9. The van der Waals surface area contributed by atoms with Gasteiger partial charge in [-0.1, -0.05) is 38.5 Å². The number of hydrogen-bond donors (Lipinski definition) is 2. The molecule has 21 heavy (non-hydrogen) atoms. The summed E-state index contributed by atoms with van der Waals surface area (Å²) in [4.78, 5) is 0.410. The molecule has 0 amide bonds. The lowest BCUT2D eigenvalue weighted by Crippen LogP contribution is -2.37. The van der Waals surface area contributed by atoms with Crippen molar-refractivity contribution in [1.82, 2.24) is 10.0 Å². The lowest BCUT2D eigenvalue weighted by Gasteiger charge is -2.19. The molecule has 0 radical (unpaired) electrons. The lowest BCUT2D eigenvalue weighted by atomic mass is 10.1. The Kier molecular flexibility index (Phi) is 5.79. The van der Waals surface area contributed by atoms with Crippen LogP contribution in [0.2, 0.25) is 0 Å². The van der Waals surface area contributed by atoms with E-state index in [1.807, 2.05) is 12.1 Å². The number of rotatable bonds is 7. The van der Waals surface area contributed by atoms with Crippen LogP contribution in [0.3, 0.4) is 0 Å². The maximum absolute atomic E-state index is 12.6. The topological polar surface area (TPSA) is 58.2 Å². The van der Waals surface area contributed by atoms with Gasteiger partial charge in [-0.05, 0) is 43.4 Å². The van der Waals surface area contributed by atoms with E-state index < -0.39 is 10.0 Å². The summed E-state index contributed by atoms with van der Waals surface area (Å²) in [5, 5.41) is 3.27. The average molecular weight is 310 g/mol. The van der Waals surface area contributed by atoms with Crippen molar-refractivity contribution in [3.63, 3.8) is 0 Å². The van der Waals surface area contributed by atoms with Crippen molar-refractivity contribution in [2.45, 2.75) is 57.0 Å². The van der Waals surface area contributed by atoms with Crippen LogP contribution in [0.4, 0.5) is 0 Å². The molecule has 4 nitrogen and oxygen atoms in total. The summed E-state index contributed by atoms with van der Waals surface area (Å²) >= 11 is 0. The molecule has 118 valence electrons. The number of benzene rings is 1. The van der Waals surface area contributed by atoms with Gasteiger partial charge in [-0.3, -0.25) is 0 Å². The highest BCUT2D eigenvalue weighted by molar-refractivity contribution is 7.89. The molecular weight excluding hydrogens is 284 g/mol. The smallest absolute Gasteiger partial charge is 0.241 e. The number of hydrogen-bond acceptors (Lipinski definition) is 3. The molecule has 0 aromatic heterocycles. The first-order chi connectivity index (χ1) is 10.0. The Morgan fingerprint density at radius 1 is 1.24 bits per heavy atom. The molecule has 1 fully saturated rings. The molecule has 1 aliphatic rings. The molecule has 0 heterocycles. The van der Waals surface area contributed by atoms with Gasteiger partial charge in [-0.25, -0.2) is 13.1 Å². The molecule has 0 bridgehead atoms. The van der Waals surface area contributed by atoms with Crippen LogP contribution in [0.15, 0.2) is 29.2 Å². The monoisotopic (exact) mass is 310 g/mol. The zero-order valence-corrected chi connectivity index (χ0v) is 13.7. The predicted octanol–water partition coefficient (Wildman–Crippen LogP) is 2.65. The molecule has 0 aliphatic heterocycles. The number of sulfonamides is 1. The molecule has 1 saturated carbocycles. The van der Waals surface area contributed by atoms with Crippen LogP contribution in [0.5, 0.6) is 0 Å².